The third kappa shape index (κ3) is 5.96. The predicted octanol–water partition coefficient (Wildman–Crippen LogP) is 1.74. The second-order valence-electron chi connectivity index (χ2n) is 2.51. The van der Waals surface area contributed by atoms with Crippen molar-refractivity contribution in [2.24, 2.45) is 0 Å². The van der Waals surface area contributed by atoms with E-state index in [-0.39, 0.29) is 0 Å². The molecule has 1 heteroatoms. The van der Waals surface area contributed by atoms with Crippen LogP contribution < -0.4 is 0 Å². The Morgan fingerprint density at radius 2 is 1.75 bits per heavy atom. The smallest absolute Gasteiger partial charge is 0.00248 e. The highest BCUT2D eigenvalue weighted by molar-refractivity contribution is 4.42. The van der Waals surface area contributed by atoms with E-state index in [4.69, 9.17) is 0 Å². The zero-order valence-corrected chi connectivity index (χ0v) is 6.28. The van der Waals surface area contributed by atoms with E-state index in [0.29, 0.717) is 0 Å². The first-order valence-corrected chi connectivity index (χ1v) is 3.42. The van der Waals surface area contributed by atoms with Crippen LogP contribution in [0.3, 0.4) is 0 Å². The summed E-state index contributed by atoms with van der Waals surface area (Å²) in [5.74, 6) is 0. The number of unbranched alkanes of at least 4 members (excludes halogenated alkanes) is 2. The Morgan fingerprint density at radius 1 is 1.12 bits per heavy atom. The van der Waals surface area contributed by atoms with E-state index in [1.54, 1.807) is 0 Å². The maximum absolute atomic E-state index is 2.23. The Hall–Kier alpha value is -0.0400. The zero-order chi connectivity index (χ0) is 6.41. The standard InChI is InChI=1S/C7H17N/c1-4-5-6-7-8(2)3/h4-7H2,1-3H3. The van der Waals surface area contributed by atoms with Gasteiger partial charge in [-0.3, -0.25) is 0 Å². The van der Waals surface area contributed by atoms with Gasteiger partial charge in [-0.2, -0.15) is 0 Å². The summed E-state index contributed by atoms with van der Waals surface area (Å²) < 4.78 is 0. The van der Waals surface area contributed by atoms with Gasteiger partial charge in [-0.05, 0) is 27.1 Å². The van der Waals surface area contributed by atoms with Gasteiger partial charge in [-0.25, -0.2) is 0 Å². The summed E-state index contributed by atoms with van der Waals surface area (Å²) in [6, 6.07) is 0. The lowest BCUT2D eigenvalue weighted by atomic mass is 10.2. The fourth-order valence-corrected chi connectivity index (χ4v) is 0.678. The Kier molecular flexibility index (Phi) is 5.08. The summed E-state index contributed by atoms with van der Waals surface area (Å²) in [6.07, 6.45) is 4.05. The second-order valence-corrected chi connectivity index (χ2v) is 2.51. The normalized spacial score (nSPS) is 10.5. The Morgan fingerprint density at radius 3 is 2.12 bits per heavy atom. The third-order valence-electron chi connectivity index (χ3n) is 1.21. The molecule has 0 heterocycles. The van der Waals surface area contributed by atoms with Crippen LogP contribution in [0, 0.1) is 0 Å². The molecular formula is C7H17N. The molecule has 0 aromatic heterocycles. The molecule has 0 spiro atoms. The monoisotopic (exact) mass is 115 g/mol. The molecule has 0 atom stereocenters. The summed E-state index contributed by atoms with van der Waals surface area (Å²) in [4.78, 5) is 2.23. The molecule has 0 radical (unpaired) electrons. The largest absolute Gasteiger partial charge is 0.309 e. The lowest BCUT2D eigenvalue weighted by Gasteiger charge is -2.06. The van der Waals surface area contributed by atoms with Gasteiger partial charge in [0.15, 0.2) is 0 Å². The highest BCUT2D eigenvalue weighted by atomic mass is 15.0. The van der Waals surface area contributed by atoms with E-state index in [9.17, 15) is 0 Å². The van der Waals surface area contributed by atoms with Crippen LogP contribution in [-0.2, 0) is 0 Å². The minimum atomic E-state index is 1.24. The fraction of sp³-hybridized carbons (Fsp3) is 1.00. The van der Waals surface area contributed by atoms with Crippen molar-refractivity contribution in [1.82, 2.24) is 4.90 Å². The summed E-state index contributed by atoms with van der Waals surface area (Å²) in [5, 5.41) is 0. The van der Waals surface area contributed by atoms with Gasteiger partial charge in [0, 0.05) is 0 Å². The molecule has 0 saturated carbocycles. The maximum Gasteiger partial charge on any atom is -0.00248 e. The van der Waals surface area contributed by atoms with Crippen molar-refractivity contribution in [2.75, 3.05) is 20.6 Å². The van der Waals surface area contributed by atoms with Crippen LogP contribution >= 0.6 is 0 Å². The molecule has 0 bridgehead atoms. The van der Waals surface area contributed by atoms with Crippen molar-refractivity contribution in [3.63, 3.8) is 0 Å². The maximum atomic E-state index is 2.23. The quantitative estimate of drug-likeness (QED) is 0.504. The summed E-state index contributed by atoms with van der Waals surface area (Å²) in [6.45, 7) is 3.48. The van der Waals surface area contributed by atoms with Gasteiger partial charge in [0.1, 0.15) is 0 Å². The average Bonchev–Trinajstić information content (AvgIpc) is 1.66. The van der Waals surface area contributed by atoms with Crippen molar-refractivity contribution in [1.29, 1.82) is 0 Å². The third-order valence-corrected chi connectivity index (χ3v) is 1.21. The van der Waals surface area contributed by atoms with Crippen molar-refractivity contribution >= 4 is 0 Å². The van der Waals surface area contributed by atoms with Crippen LogP contribution in [0.4, 0.5) is 0 Å². The van der Waals surface area contributed by atoms with Crippen molar-refractivity contribution in [2.45, 2.75) is 26.2 Å². The topological polar surface area (TPSA) is 3.24 Å². The SMILES string of the molecule is CCCCCN(C)C. The first kappa shape index (κ1) is 7.96. The lowest BCUT2D eigenvalue weighted by molar-refractivity contribution is 0.393. The lowest BCUT2D eigenvalue weighted by Crippen LogP contribution is -2.12. The van der Waals surface area contributed by atoms with E-state index in [1.165, 1.54) is 25.8 Å². The van der Waals surface area contributed by atoms with Gasteiger partial charge in [0.05, 0.1) is 0 Å². The highest BCUT2D eigenvalue weighted by Gasteiger charge is 1.86. The molecule has 0 aromatic rings. The molecule has 0 aliphatic rings. The van der Waals surface area contributed by atoms with Crippen LogP contribution in [0.2, 0.25) is 0 Å². The summed E-state index contributed by atoms with van der Waals surface area (Å²) in [7, 11) is 4.24. The molecule has 50 valence electrons. The number of rotatable bonds is 4. The first-order valence-electron chi connectivity index (χ1n) is 3.42. The van der Waals surface area contributed by atoms with Gasteiger partial charge >= 0.3 is 0 Å². The highest BCUT2D eigenvalue weighted by Crippen LogP contribution is 1.93. The van der Waals surface area contributed by atoms with E-state index >= 15 is 0 Å². The van der Waals surface area contributed by atoms with E-state index in [1.807, 2.05) is 0 Å². The molecule has 0 aromatic carbocycles. The molecule has 8 heavy (non-hydrogen) atoms. The van der Waals surface area contributed by atoms with Crippen LogP contribution in [0.15, 0.2) is 0 Å². The molecule has 0 fully saturated rings. The van der Waals surface area contributed by atoms with Crippen LogP contribution in [0.1, 0.15) is 26.2 Å². The first-order chi connectivity index (χ1) is 3.77. The fourth-order valence-electron chi connectivity index (χ4n) is 0.678. The second kappa shape index (κ2) is 5.10. The zero-order valence-electron chi connectivity index (χ0n) is 6.28. The Bertz CT molecular complexity index is 41.7. The van der Waals surface area contributed by atoms with Crippen molar-refractivity contribution in [3.05, 3.63) is 0 Å². The molecule has 0 aliphatic carbocycles. The molecule has 0 saturated heterocycles. The van der Waals surface area contributed by atoms with Gasteiger partial charge in [0.2, 0.25) is 0 Å². The van der Waals surface area contributed by atoms with Crippen molar-refractivity contribution in [3.8, 4) is 0 Å². The Balaban J connectivity index is 2.72. The minimum absolute atomic E-state index is 1.24. The van der Waals surface area contributed by atoms with Crippen molar-refractivity contribution < 1.29 is 0 Å². The molecule has 0 N–H and O–H groups in total. The van der Waals surface area contributed by atoms with Gasteiger partial charge in [-0.15, -0.1) is 0 Å². The van der Waals surface area contributed by atoms with Gasteiger partial charge < -0.3 is 4.90 Å². The van der Waals surface area contributed by atoms with Gasteiger partial charge in [-0.1, -0.05) is 19.8 Å². The van der Waals surface area contributed by atoms with Gasteiger partial charge in [0.25, 0.3) is 0 Å². The molecule has 0 amide bonds. The minimum Gasteiger partial charge on any atom is -0.309 e. The van der Waals surface area contributed by atoms with E-state index in [2.05, 4.69) is 25.9 Å². The molecular weight excluding hydrogens is 98.1 g/mol. The predicted molar refractivity (Wildman–Crippen MR) is 38.1 cm³/mol. The average molecular weight is 115 g/mol. The number of nitrogens with zero attached hydrogens (tertiary/aromatic N) is 1. The Labute approximate surface area is 52.7 Å². The molecule has 0 rings (SSSR count). The molecule has 1 nitrogen and oxygen atoms in total. The van der Waals surface area contributed by atoms with E-state index in [0.717, 1.165) is 0 Å². The number of hydrogen-bond acceptors (Lipinski definition) is 1. The summed E-state index contributed by atoms with van der Waals surface area (Å²) >= 11 is 0. The van der Waals surface area contributed by atoms with Crippen LogP contribution in [0.5, 0.6) is 0 Å². The number of hydrogen-bond donors (Lipinski definition) is 0. The van der Waals surface area contributed by atoms with Crippen LogP contribution in [-0.4, -0.2) is 25.5 Å². The summed E-state index contributed by atoms with van der Waals surface area (Å²) in [5.41, 5.74) is 0. The van der Waals surface area contributed by atoms with E-state index < -0.39 is 0 Å². The van der Waals surface area contributed by atoms with Crippen LogP contribution in [0.25, 0.3) is 0 Å². The molecule has 0 aliphatic heterocycles. The molecule has 0 unspecified atom stereocenters.